The molecule has 3 N–H and O–H groups in total. The standard InChI is InChI=1S/C17H29N3O3/c1-3-22-8-4-6-20-7-5-16(13(2)11-20)19-17(21)14-9-15(10-18)23-12-14/h9,12-13,16H,3-8,10-11,18H2,1-2H3,(H,19,21). The van der Waals surface area contributed by atoms with Crippen molar-refractivity contribution < 1.29 is 13.9 Å². The first-order valence-electron chi connectivity index (χ1n) is 8.52. The quantitative estimate of drug-likeness (QED) is 0.710. The molecule has 0 aliphatic carbocycles. The molecule has 1 amide bonds. The Labute approximate surface area is 138 Å². The molecule has 2 rings (SSSR count). The smallest absolute Gasteiger partial charge is 0.254 e. The minimum Gasteiger partial charge on any atom is -0.467 e. The summed E-state index contributed by atoms with van der Waals surface area (Å²) in [5, 5.41) is 3.13. The van der Waals surface area contributed by atoms with E-state index >= 15 is 0 Å². The molecule has 0 saturated carbocycles. The van der Waals surface area contributed by atoms with E-state index in [2.05, 4.69) is 17.1 Å². The number of nitrogens with one attached hydrogen (secondary N) is 1. The summed E-state index contributed by atoms with van der Waals surface area (Å²) in [5.74, 6) is 0.989. The van der Waals surface area contributed by atoms with Gasteiger partial charge in [0.2, 0.25) is 0 Å². The van der Waals surface area contributed by atoms with Gasteiger partial charge in [-0.1, -0.05) is 6.92 Å². The molecule has 23 heavy (non-hydrogen) atoms. The minimum absolute atomic E-state index is 0.0740. The summed E-state index contributed by atoms with van der Waals surface area (Å²) in [5.41, 5.74) is 6.06. The number of carbonyl (C=O) groups excluding carboxylic acids is 1. The lowest BCUT2D eigenvalue weighted by atomic mass is 9.93. The predicted molar refractivity (Wildman–Crippen MR) is 89.2 cm³/mol. The van der Waals surface area contributed by atoms with Gasteiger partial charge in [0.1, 0.15) is 12.0 Å². The van der Waals surface area contributed by atoms with Crippen molar-refractivity contribution in [3.05, 3.63) is 23.7 Å². The van der Waals surface area contributed by atoms with Gasteiger partial charge in [-0.2, -0.15) is 0 Å². The zero-order chi connectivity index (χ0) is 16.7. The van der Waals surface area contributed by atoms with Gasteiger partial charge in [0.25, 0.3) is 5.91 Å². The summed E-state index contributed by atoms with van der Waals surface area (Å²) in [6.45, 7) is 9.22. The summed E-state index contributed by atoms with van der Waals surface area (Å²) in [7, 11) is 0. The lowest BCUT2D eigenvalue weighted by Gasteiger charge is -2.37. The number of likely N-dealkylation sites (tertiary alicyclic amines) is 1. The largest absolute Gasteiger partial charge is 0.467 e. The van der Waals surface area contributed by atoms with Gasteiger partial charge in [-0.05, 0) is 31.7 Å². The van der Waals surface area contributed by atoms with Crippen molar-refractivity contribution in [3.63, 3.8) is 0 Å². The Morgan fingerprint density at radius 2 is 2.39 bits per heavy atom. The fourth-order valence-electron chi connectivity index (χ4n) is 3.04. The van der Waals surface area contributed by atoms with Crippen LogP contribution in [0, 0.1) is 5.92 Å². The second-order valence-electron chi connectivity index (χ2n) is 6.20. The van der Waals surface area contributed by atoms with Crippen LogP contribution in [0.1, 0.15) is 42.8 Å². The predicted octanol–water partition coefficient (Wildman–Crippen LogP) is 1.61. The molecule has 1 aliphatic rings. The maximum Gasteiger partial charge on any atom is 0.254 e. The average molecular weight is 323 g/mol. The first kappa shape index (κ1) is 18.0. The van der Waals surface area contributed by atoms with Crippen LogP contribution in [0.5, 0.6) is 0 Å². The van der Waals surface area contributed by atoms with Gasteiger partial charge in [0, 0.05) is 38.9 Å². The second kappa shape index (κ2) is 9.05. The lowest BCUT2D eigenvalue weighted by Crippen LogP contribution is -2.50. The molecule has 2 unspecified atom stereocenters. The highest BCUT2D eigenvalue weighted by Gasteiger charge is 2.27. The Hall–Kier alpha value is -1.37. The van der Waals surface area contributed by atoms with E-state index in [1.165, 1.54) is 6.26 Å². The number of amides is 1. The number of nitrogens with two attached hydrogens (primary N) is 1. The minimum atomic E-state index is -0.0740. The molecule has 1 aromatic heterocycles. The number of rotatable bonds is 8. The monoisotopic (exact) mass is 323 g/mol. The first-order chi connectivity index (χ1) is 11.1. The molecule has 1 aliphatic heterocycles. The third-order valence-electron chi connectivity index (χ3n) is 4.39. The number of hydrogen-bond donors (Lipinski definition) is 2. The SMILES string of the molecule is CCOCCCN1CCC(NC(=O)c2coc(CN)c2)C(C)C1. The van der Waals surface area contributed by atoms with Crippen molar-refractivity contribution in [2.45, 2.75) is 39.3 Å². The van der Waals surface area contributed by atoms with E-state index in [1.807, 2.05) is 6.92 Å². The molecule has 2 heterocycles. The fourth-order valence-corrected chi connectivity index (χ4v) is 3.04. The number of nitrogens with zero attached hydrogens (tertiary/aromatic N) is 1. The van der Waals surface area contributed by atoms with Crippen LogP contribution >= 0.6 is 0 Å². The van der Waals surface area contributed by atoms with Crippen molar-refractivity contribution in [2.24, 2.45) is 11.7 Å². The van der Waals surface area contributed by atoms with E-state index in [4.69, 9.17) is 14.9 Å². The van der Waals surface area contributed by atoms with E-state index in [-0.39, 0.29) is 11.9 Å². The molecule has 6 heteroatoms. The van der Waals surface area contributed by atoms with Crippen LogP contribution in [-0.4, -0.2) is 49.7 Å². The van der Waals surface area contributed by atoms with Gasteiger partial charge in [-0.3, -0.25) is 4.79 Å². The molecule has 6 nitrogen and oxygen atoms in total. The highest BCUT2D eigenvalue weighted by molar-refractivity contribution is 5.94. The van der Waals surface area contributed by atoms with Crippen LogP contribution in [0.15, 0.2) is 16.7 Å². The summed E-state index contributed by atoms with van der Waals surface area (Å²) < 4.78 is 10.6. The van der Waals surface area contributed by atoms with E-state index in [9.17, 15) is 4.79 Å². The van der Waals surface area contributed by atoms with Gasteiger partial charge in [-0.15, -0.1) is 0 Å². The van der Waals surface area contributed by atoms with Crippen LogP contribution in [0.3, 0.4) is 0 Å². The fraction of sp³-hybridized carbons (Fsp3) is 0.706. The van der Waals surface area contributed by atoms with Crippen molar-refractivity contribution in [3.8, 4) is 0 Å². The highest BCUT2D eigenvalue weighted by atomic mass is 16.5. The van der Waals surface area contributed by atoms with Gasteiger partial charge >= 0.3 is 0 Å². The number of carbonyl (C=O) groups is 1. The van der Waals surface area contributed by atoms with Crippen molar-refractivity contribution >= 4 is 5.91 Å². The van der Waals surface area contributed by atoms with Crippen molar-refractivity contribution in [1.29, 1.82) is 0 Å². The van der Waals surface area contributed by atoms with Gasteiger partial charge in [0.15, 0.2) is 0 Å². The molecule has 0 bridgehead atoms. The molecular formula is C17H29N3O3. The number of furan rings is 1. The van der Waals surface area contributed by atoms with Gasteiger partial charge < -0.3 is 25.1 Å². The van der Waals surface area contributed by atoms with E-state index in [1.54, 1.807) is 6.07 Å². The number of ether oxygens (including phenoxy) is 1. The number of piperidine rings is 1. The topological polar surface area (TPSA) is 80.7 Å². The van der Waals surface area contributed by atoms with E-state index in [0.29, 0.717) is 23.8 Å². The third kappa shape index (κ3) is 5.34. The Balaban J connectivity index is 1.76. The molecule has 1 fully saturated rings. The Morgan fingerprint density at radius 3 is 3.04 bits per heavy atom. The normalized spacial score (nSPS) is 22.2. The maximum absolute atomic E-state index is 12.3. The average Bonchev–Trinajstić information content (AvgIpc) is 3.03. The second-order valence-corrected chi connectivity index (χ2v) is 6.20. The maximum atomic E-state index is 12.3. The highest BCUT2D eigenvalue weighted by Crippen LogP contribution is 2.18. The molecule has 2 atom stereocenters. The molecule has 0 spiro atoms. The Bertz CT molecular complexity index is 489. The van der Waals surface area contributed by atoms with Crippen LogP contribution in [-0.2, 0) is 11.3 Å². The van der Waals surface area contributed by atoms with Crippen LogP contribution in [0.25, 0.3) is 0 Å². The summed E-state index contributed by atoms with van der Waals surface area (Å²) >= 11 is 0. The molecule has 0 aromatic carbocycles. The van der Waals surface area contributed by atoms with Crippen LogP contribution in [0.2, 0.25) is 0 Å². The van der Waals surface area contributed by atoms with Gasteiger partial charge in [-0.25, -0.2) is 0 Å². The molecule has 130 valence electrons. The van der Waals surface area contributed by atoms with Crippen LogP contribution < -0.4 is 11.1 Å². The lowest BCUT2D eigenvalue weighted by molar-refractivity contribution is 0.0843. The van der Waals surface area contributed by atoms with E-state index in [0.717, 1.165) is 45.7 Å². The summed E-state index contributed by atoms with van der Waals surface area (Å²) in [6.07, 6.45) is 3.52. The Kier molecular flexibility index (Phi) is 7.08. The van der Waals surface area contributed by atoms with Gasteiger partial charge in [0.05, 0.1) is 12.1 Å². The summed E-state index contributed by atoms with van der Waals surface area (Å²) in [4.78, 5) is 14.7. The summed E-state index contributed by atoms with van der Waals surface area (Å²) in [6, 6.07) is 1.92. The molecule has 1 aromatic rings. The van der Waals surface area contributed by atoms with Crippen molar-refractivity contribution in [2.75, 3.05) is 32.8 Å². The molecular weight excluding hydrogens is 294 g/mol. The third-order valence-corrected chi connectivity index (χ3v) is 4.39. The molecule has 0 radical (unpaired) electrons. The number of hydrogen-bond acceptors (Lipinski definition) is 5. The zero-order valence-electron chi connectivity index (χ0n) is 14.2. The van der Waals surface area contributed by atoms with E-state index < -0.39 is 0 Å². The first-order valence-corrected chi connectivity index (χ1v) is 8.52. The van der Waals surface area contributed by atoms with Crippen molar-refractivity contribution in [1.82, 2.24) is 10.2 Å². The molecule has 1 saturated heterocycles. The Morgan fingerprint density at radius 1 is 1.57 bits per heavy atom. The zero-order valence-corrected chi connectivity index (χ0v) is 14.2. The van der Waals surface area contributed by atoms with Crippen LogP contribution in [0.4, 0.5) is 0 Å².